The smallest absolute Gasteiger partial charge is 0.331 e. The van der Waals surface area contributed by atoms with Crippen molar-refractivity contribution >= 4 is 11.9 Å². The molecule has 0 aromatic heterocycles. The number of unbranched alkanes of at least 4 members (excludes halogenated alkanes) is 1. The number of hydrogen-bond donors (Lipinski definition) is 3. The maximum absolute atomic E-state index is 11.6. The van der Waals surface area contributed by atoms with Crippen LogP contribution in [0.4, 0.5) is 0 Å². The van der Waals surface area contributed by atoms with Crippen molar-refractivity contribution in [3.63, 3.8) is 0 Å². The van der Waals surface area contributed by atoms with E-state index in [0.717, 1.165) is 52.0 Å². The molecule has 0 spiro atoms. The Kier molecular flexibility index (Phi) is 8.06. The third-order valence-electron chi connectivity index (χ3n) is 5.27. The molecule has 0 radical (unpaired) electrons. The van der Waals surface area contributed by atoms with Crippen LogP contribution in [0.5, 0.6) is 0 Å². The fraction of sp³-hybridized carbons (Fsp3) is 0.789. The number of piperidine rings is 1. The Balaban J connectivity index is 2.08. The predicted octanol–water partition coefficient (Wildman–Crippen LogP) is 1.13. The highest BCUT2D eigenvalue weighted by atomic mass is 16.5. The third kappa shape index (κ3) is 5.79. The number of carboxylic acid groups (broad SMARTS) is 1. The zero-order chi connectivity index (χ0) is 19.1. The Hall–Kier alpha value is -1.44. The molecular weight excluding hydrogens is 334 g/mol. The number of nitrogens with one attached hydrogen (secondary N) is 1. The highest BCUT2D eigenvalue weighted by molar-refractivity contribution is 5.87. The van der Waals surface area contributed by atoms with Crippen LogP contribution in [0.15, 0.2) is 11.6 Å². The first kappa shape index (κ1) is 20.9. The maximum Gasteiger partial charge on any atom is 0.331 e. The summed E-state index contributed by atoms with van der Waals surface area (Å²) in [5, 5.41) is 12.3. The van der Waals surface area contributed by atoms with Gasteiger partial charge in [-0.05, 0) is 38.1 Å². The van der Waals surface area contributed by atoms with Gasteiger partial charge in [-0.2, -0.15) is 0 Å². The van der Waals surface area contributed by atoms with Crippen LogP contribution in [0.1, 0.15) is 46.0 Å². The summed E-state index contributed by atoms with van der Waals surface area (Å²) in [6.07, 6.45) is 6.40. The van der Waals surface area contributed by atoms with Crippen LogP contribution in [0, 0.1) is 5.92 Å². The van der Waals surface area contributed by atoms with E-state index in [1.54, 1.807) is 6.08 Å². The van der Waals surface area contributed by atoms with Crippen LogP contribution in [0.2, 0.25) is 0 Å². The summed E-state index contributed by atoms with van der Waals surface area (Å²) in [6, 6.07) is -0.858. The maximum atomic E-state index is 11.6. The number of ether oxygens (including phenoxy) is 1. The van der Waals surface area contributed by atoms with Crippen LogP contribution in [-0.4, -0.2) is 66.3 Å². The summed E-state index contributed by atoms with van der Waals surface area (Å²) in [4.78, 5) is 25.4. The zero-order valence-corrected chi connectivity index (χ0v) is 15.9. The van der Waals surface area contributed by atoms with E-state index in [9.17, 15) is 14.7 Å². The fourth-order valence-corrected chi connectivity index (χ4v) is 3.93. The lowest BCUT2D eigenvalue weighted by molar-refractivity contribution is -0.133. The number of hydrogen-bond acceptors (Lipinski definition) is 5. The van der Waals surface area contributed by atoms with E-state index in [4.69, 9.17) is 10.5 Å². The molecule has 1 amide bonds. The highest BCUT2D eigenvalue weighted by Crippen LogP contribution is 2.27. The minimum atomic E-state index is -0.928. The minimum absolute atomic E-state index is 0.140. The first-order valence-corrected chi connectivity index (χ1v) is 9.70. The van der Waals surface area contributed by atoms with Crippen LogP contribution in [-0.2, 0) is 14.3 Å². The number of carbonyl (C=O) groups excluding carboxylic acids is 1. The Morgan fingerprint density at radius 2 is 2.23 bits per heavy atom. The van der Waals surface area contributed by atoms with Gasteiger partial charge < -0.3 is 20.9 Å². The second-order valence-corrected chi connectivity index (χ2v) is 7.51. The van der Waals surface area contributed by atoms with Crippen LogP contribution >= 0.6 is 0 Å². The number of likely N-dealkylation sites (tertiary alicyclic amines) is 1. The van der Waals surface area contributed by atoms with Gasteiger partial charge in [-0.3, -0.25) is 9.69 Å². The third-order valence-corrected chi connectivity index (χ3v) is 5.27. The van der Waals surface area contributed by atoms with Gasteiger partial charge in [-0.25, -0.2) is 4.79 Å². The number of amides is 1. The molecule has 0 bridgehead atoms. The molecule has 2 aliphatic rings. The van der Waals surface area contributed by atoms with Crippen molar-refractivity contribution in [2.24, 2.45) is 11.7 Å². The van der Waals surface area contributed by atoms with Gasteiger partial charge in [0.15, 0.2) is 0 Å². The highest BCUT2D eigenvalue weighted by Gasteiger charge is 2.38. The molecule has 0 saturated carbocycles. The molecule has 0 aromatic rings. The predicted molar refractivity (Wildman–Crippen MR) is 99.7 cm³/mol. The van der Waals surface area contributed by atoms with Gasteiger partial charge in [-0.15, -0.1) is 0 Å². The van der Waals surface area contributed by atoms with E-state index in [0.29, 0.717) is 11.5 Å². The molecule has 0 unspecified atom stereocenters. The molecule has 1 saturated heterocycles. The Labute approximate surface area is 155 Å². The molecule has 1 aliphatic heterocycles. The second-order valence-electron chi connectivity index (χ2n) is 7.51. The number of nitrogens with two attached hydrogens (primary N) is 1. The summed E-state index contributed by atoms with van der Waals surface area (Å²) in [6.45, 7) is 6.85. The fourth-order valence-electron chi connectivity index (χ4n) is 3.93. The number of rotatable bonds is 8. The van der Waals surface area contributed by atoms with Crippen molar-refractivity contribution in [3.8, 4) is 0 Å². The molecule has 4 atom stereocenters. The van der Waals surface area contributed by atoms with Gasteiger partial charge in [0.1, 0.15) is 0 Å². The lowest BCUT2D eigenvalue weighted by atomic mass is 9.84. The molecule has 0 aromatic carbocycles. The molecule has 4 N–H and O–H groups in total. The molecule has 7 nitrogen and oxygen atoms in total. The van der Waals surface area contributed by atoms with Gasteiger partial charge in [0.2, 0.25) is 5.91 Å². The van der Waals surface area contributed by atoms with Crippen molar-refractivity contribution in [2.45, 2.75) is 64.1 Å². The lowest BCUT2D eigenvalue weighted by Gasteiger charge is -2.44. The van der Waals surface area contributed by atoms with Crippen LogP contribution < -0.4 is 11.1 Å². The van der Waals surface area contributed by atoms with E-state index in [-0.39, 0.29) is 24.4 Å². The lowest BCUT2D eigenvalue weighted by Crippen LogP contribution is -2.62. The SMILES string of the molecule is CCCCOC[C@H]1CCCN([C@@H]2C=C(C(=O)O)C[C@H](N)[C@H]2NC(C)=O)C1. The van der Waals surface area contributed by atoms with E-state index in [1.807, 2.05) is 0 Å². The first-order valence-electron chi connectivity index (χ1n) is 9.70. The molecule has 1 heterocycles. The van der Waals surface area contributed by atoms with E-state index in [2.05, 4.69) is 17.1 Å². The molecule has 1 aliphatic carbocycles. The number of carbonyl (C=O) groups is 2. The van der Waals surface area contributed by atoms with Gasteiger partial charge in [0.25, 0.3) is 0 Å². The van der Waals surface area contributed by atoms with Gasteiger partial charge in [0, 0.05) is 31.7 Å². The van der Waals surface area contributed by atoms with Gasteiger partial charge in [0.05, 0.1) is 18.7 Å². The van der Waals surface area contributed by atoms with Crippen LogP contribution in [0.25, 0.3) is 0 Å². The Bertz CT molecular complexity index is 523. The molecular formula is C19H33N3O4. The largest absolute Gasteiger partial charge is 0.478 e. The number of aliphatic carboxylic acids is 1. The summed E-state index contributed by atoms with van der Waals surface area (Å²) in [5.41, 5.74) is 6.57. The Morgan fingerprint density at radius 3 is 2.88 bits per heavy atom. The minimum Gasteiger partial charge on any atom is -0.478 e. The monoisotopic (exact) mass is 367 g/mol. The Morgan fingerprint density at radius 1 is 1.46 bits per heavy atom. The average molecular weight is 367 g/mol. The number of carboxylic acids is 1. The van der Waals surface area contributed by atoms with Crippen molar-refractivity contribution in [1.82, 2.24) is 10.2 Å². The normalized spacial score (nSPS) is 29.9. The summed E-state index contributed by atoms with van der Waals surface area (Å²) >= 11 is 0. The standard InChI is InChI=1S/C19H33N3O4/c1-3-4-8-26-12-14-6-5-7-22(11-14)17-10-15(19(24)25)9-16(20)18(17)21-13(2)23/h10,14,16-18H,3-9,11-12,20H2,1-2H3,(H,21,23)(H,24,25)/t14-,16-,17+,18+/m0/s1. The van der Waals surface area contributed by atoms with Gasteiger partial charge in [-0.1, -0.05) is 19.4 Å². The summed E-state index contributed by atoms with van der Waals surface area (Å²) < 4.78 is 5.79. The summed E-state index contributed by atoms with van der Waals surface area (Å²) in [5.74, 6) is -0.638. The van der Waals surface area contributed by atoms with E-state index >= 15 is 0 Å². The van der Waals surface area contributed by atoms with E-state index in [1.165, 1.54) is 6.92 Å². The van der Waals surface area contributed by atoms with Crippen molar-refractivity contribution in [2.75, 3.05) is 26.3 Å². The first-order chi connectivity index (χ1) is 12.4. The molecule has 148 valence electrons. The van der Waals surface area contributed by atoms with Gasteiger partial charge >= 0.3 is 5.97 Å². The number of nitrogens with zero attached hydrogens (tertiary/aromatic N) is 1. The van der Waals surface area contributed by atoms with E-state index < -0.39 is 12.0 Å². The molecule has 26 heavy (non-hydrogen) atoms. The second kappa shape index (κ2) is 10.0. The molecule has 1 fully saturated rings. The van der Waals surface area contributed by atoms with Crippen molar-refractivity contribution < 1.29 is 19.4 Å². The average Bonchev–Trinajstić information content (AvgIpc) is 2.60. The van der Waals surface area contributed by atoms with Crippen LogP contribution in [0.3, 0.4) is 0 Å². The molecule has 7 heteroatoms. The molecule has 2 rings (SSSR count). The quantitative estimate of drug-likeness (QED) is 0.556. The summed E-state index contributed by atoms with van der Waals surface area (Å²) in [7, 11) is 0. The van der Waals surface area contributed by atoms with Crippen molar-refractivity contribution in [1.29, 1.82) is 0 Å². The van der Waals surface area contributed by atoms with Crippen molar-refractivity contribution in [3.05, 3.63) is 11.6 Å². The topological polar surface area (TPSA) is 105 Å². The zero-order valence-electron chi connectivity index (χ0n) is 15.9.